The summed E-state index contributed by atoms with van der Waals surface area (Å²) in [5.41, 5.74) is 0.736. The van der Waals surface area contributed by atoms with Gasteiger partial charge in [0.1, 0.15) is 5.82 Å². The van der Waals surface area contributed by atoms with Crippen molar-refractivity contribution < 1.29 is 4.74 Å². The lowest BCUT2D eigenvalue weighted by atomic mass is 10.1. The average molecular weight is 256 g/mol. The Balaban J connectivity index is 2.24. The zero-order valence-corrected chi connectivity index (χ0v) is 11.2. The number of alkyl halides is 1. The van der Waals surface area contributed by atoms with Crippen LogP contribution in [0.2, 0.25) is 0 Å². The predicted octanol–water partition coefficient (Wildman–Crippen LogP) is 2.01. The lowest BCUT2D eigenvalue weighted by Gasteiger charge is -2.43. The molecule has 5 heteroatoms. The fourth-order valence-electron chi connectivity index (χ4n) is 2.25. The zero-order chi connectivity index (χ0) is 12.5. The van der Waals surface area contributed by atoms with E-state index in [2.05, 4.69) is 28.7 Å². The molecule has 0 spiro atoms. The summed E-state index contributed by atoms with van der Waals surface area (Å²) in [7, 11) is 0. The summed E-state index contributed by atoms with van der Waals surface area (Å²) in [5.74, 6) is 1.43. The molecule has 1 fully saturated rings. The Labute approximate surface area is 107 Å². The number of nitrogens with zero attached hydrogens (tertiary/aromatic N) is 3. The van der Waals surface area contributed by atoms with E-state index in [0.29, 0.717) is 5.88 Å². The molecule has 0 saturated carbocycles. The molecule has 1 aromatic heterocycles. The van der Waals surface area contributed by atoms with Gasteiger partial charge in [-0.05, 0) is 20.8 Å². The van der Waals surface area contributed by atoms with Crippen molar-refractivity contribution in [2.45, 2.75) is 32.5 Å². The zero-order valence-electron chi connectivity index (χ0n) is 10.5. The number of hydrogen-bond acceptors (Lipinski definition) is 4. The molecule has 0 bridgehead atoms. The van der Waals surface area contributed by atoms with Crippen molar-refractivity contribution in [1.82, 2.24) is 9.97 Å². The van der Waals surface area contributed by atoms with Crippen molar-refractivity contribution in [3.63, 3.8) is 0 Å². The van der Waals surface area contributed by atoms with Gasteiger partial charge in [0.2, 0.25) is 0 Å². The van der Waals surface area contributed by atoms with E-state index >= 15 is 0 Å². The first-order valence-corrected chi connectivity index (χ1v) is 6.31. The van der Waals surface area contributed by atoms with Gasteiger partial charge in [0.05, 0.1) is 23.3 Å². The van der Waals surface area contributed by atoms with Crippen LogP contribution in [0.1, 0.15) is 19.5 Å². The standard InChI is InChI=1S/C12H18ClN3O/c1-9-11(15-5-4-14-9)16-7-10(6-13)17-12(2,3)8-16/h4-5,10H,6-8H2,1-3H3. The maximum absolute atomic E-state index is 5.91. The molecule has 1 aromatic rings. The van der Waals surface area contributed by atoms with E-state index in [9.17, 15) is 0 Å². The molecular formula is C12H18ClN3O. The maximum atomic E-state index is 5.91. The fraction of sp³-hybridized carbons (Fsp3) is 0.667. The third-order valence-electron chi connectivity index (χ3n) is 2.81. The Kier molecular flexibility index (Phi) is 3.54. The minimum absolute atomic E-state index is 0.0434. The Bertz CT molecular complexity index is 397. The van der Waals surface area contributed by atoms with E-state index in [-0.39, 0.29) is 11.7 Å². The quantitative estimate of drug-likeness (QED) is 0.758. The first-order valence-electron chi connectivity index (χ1n) is 5.78. The second kappa shape index (κ2) is 4.78. The minimum atomic E-state index is -0.207. The smallest absolute Gasteiger partial charge is 0.150 e. The van der Waals surface area contributed by atoms with Crippen molar-refractivity contribution in [1.29, 1.82) is 0 Å². The van der Waals surface area contributed by atoms with Crippen LogP contribution in [0, 0.1) is 6.92 Å². The van der Waals surface area contributed by atoms with Crippen LogP contribution in [0.15, 0.2) is 12.4 Å². The Morgan fingerprint density at radius 2 is 2.18 bits per heavy atom. The Morgan fingerprint density at radius 3 is 2.82 bits per heavy atom. The van der Waals surface area contributed by atoms with Crippen LogP contribution < -0.4 is 4.90 Å². The predicted molar refractivity (Wildman–Crippen MR) is 68.7 cm³/mol. The molecule has 1 aliphatic rings. The van der Waals surface area contributed by atoms with Gasteiger partial charge >= 0.3 is 0 Å². The molecule has 0 radical (unpaired) electrons. The van der Waals surface area contributed by atoms with Crippen molar-refractivity contribution in [2.75, 3.05) is 23.9 Å². The number of hydrogen-bond donors (Lipinski definition) is 0. The van der Waals surface area contributed by atoms with Crippen molar-refractivity contribution in [3.8, 4) is 0 Å². The Hall–Kier alpha value is -0.870. The molecule has 1 atom stereocenters. The van der Waals surface area contributed by atoms with Crippen LogP contribution in [-0.4, -0.2) is 40.6 Å². The van der Waals surface area contributed by atoms with Crippen LogP contribution in [-0.2, 0) is 4.74 Å². The second-order valence-corrected chi connectivity index (χ2v) is 5.31. The number of rotatable bonds is 2. The van der Waals surface area contributed by atoms with E-state index in [4.69, 9.17) is 16.3 Å². The molecule has 94 valence electrons. The highest BCUT2D eigenvalue weighted by Crippen LogP contribution is 2.26. The highest BCUT2D eigenvalue weighted by molar-refractivity contribution is 6.18. The van der Waals surface area contributed by atoms with Crippen LogP contribution in [0.4, 0.5) is 5.82 Å². The number of ether oxygens (including phenoxy) is 1. The van der Waals surface area contributed by atoms with Crippen LogP contribution in [0.25, 0.3) is 0 Å². The van der Waals surface area contributed by atoms with Crippen LogP contribution in [0.3, 0.4) is 0 Å². The molecule has 0 N–H and O–H groups in total. The first kappa shape index (κ1) is 12.6. The van der Waals surface area contributed by atoms with Gasteiger partial charge < -0.3 is 9.64 Å². The van der Waals surface area contributed by atoms with Gasteiger partial charge in [0.15, 0.2) is 0 Å². The lowest BCUT2D eigenvalue weighted by Crippen LogP contribution is -2.54. The van der Waals surface area contributed by atoms with E-state index in [1.807, 2.05) is 6.92 Å². The van der Waals surface area contributed by atoms with Gasteiger partial charge in [-0.3, -0.25) is 4.98 Å². The summed E-state index contributed by atoms with van der Waals surface area (Å²) in [6, 6.07) is 0. The first-order chi connectivity index (χ1) is 8.02. The van der Waals surface area contributed by atoms with E-state index in [1.54, 1.807) is 12.4 Å². The van der Waals surface area contributed by atoms with Crippen LogP contribution in [0.5, 0.6) is 0 Å². The Morgan fingerprint density at radius 1 is 1.47 bits per heavy atom. The number of anilines is 1. The number of aromatic nitrogens is 2. The largest absolute Gasteiger partial charge is 0.367 e. The minimum Gasteiger partial charge on any atom is -0.367 e. The average Bonchev–Trinajstić information content (AvgIpc) is 2.27. The molecule has 1 unspecified atom stereocenters. The summed E-state index contributed by atoms with van der Waals surface area (Å²) >= 11 is 5.91. The summed E-state index contributed by atoms with van der Waals surface area (Å²) in [5, 5.41) is 0. The van der Waals surface area contributed by atoms with Gasteiger partial charge in [0.25, 0.3) is 0 Å². The molecular weight excluding hydrogens is 238 g/mol. The summed E-state index contributed by atoms with van der Waals surface area (Å²) in [4.78, 5) is 10.9. The van der Waals surface area contributed by atoms with Gasteiger partial charge in [-0.1, -0.05) is 0 Å². The molecule has 4 nitrogen and oxygen atoms in total. The van der Waals surface area contributed by atoms with Crippen molar-refractivity contribution in [3.05, 3.63) is 18.1 Å². The maximum Gasteiger partial charge on any atom is 0.150 e. The lowest BCUT2D eigenvalue weighted by molar-refractivity contribution is -0.0736. The third-order valence-corrected chi connectivity index (χ3v) is 3.15. The summed E-state index contributed by atoms with van der Waals surface area (Å²) in [6.45, 7) is 7.70. The molecule has 2 heterocycles. The highest BCUT2D eigenvalue weighted by Gasteiger charge is 2.34. The SMILES string of the molecule is Cc1nccnc1N1CC(CCl)OC(C)(C)C1. The molecule has 1 aliphatic heterocycles. The molecule has 17 heavy (non-hydrogen) atoms. The van der Waals surface area contributed by atoms with Gasteiger partial charge in [-0.25, -0.2) is 4.98 Å². The topological polar surface area (TPSA) is 38.2 Å². The molecule has 2 rings (SSSR count). The number of aryl methyl sites for hydroxylation is 1. The van der Waals surface area contributed by atoms with Gasteiger partial charge in [-0.2, -0.15) is 0 Å². The van der Waals surface area contributed by atoms with Crippen molar-refractivity contribution in [2.24, 2.45) is 0 Å². The van der Waals surface area contributed by atoms with Gasteiger partial charge in [-0.15, -0.1) is 11.6 Å². The fourth-order valence-corrected chi connectivity index (χ4v) is 2.41. The molecule has 1 saturated heterocycles. The molecule has 0 aromatic carbocycles. The monoisotopic (exact) mass is 255 g/mol. The van der Waals surface area contributed by atoms with E-state index in [0.717, 1.165) is 24.6 Å². The number of halogens is 1. The third kappa shape index (κ3) is 2.87. The molecule has 0 amide bonds. The normalized spacial score (nSPS) is 23.8. The van der Waals surface area contributed by atoms with Crippen molar-refractivity contribution >= 4 is 17.4 Å². The van der Waals surface area contributed by atoms with E-state index in [1.165, 1.54) is 0 Å². The van der Waals surface area contributed by atoms with Crippen LogP contribution >= 0.6 is 11.6 Å². The molecule has 0 aliphatic carbocycles. The van der Waals surface area contributed by atoms with E-state index < -0.39 is 0 Å². The second-order valence-electron chi connectivity index (χ2n) is 5.00. The van der Waals surface area contributed by atoms with Gasteiger partial charge in [0, 0.05) is 25.5 Å². The summed E-state index contributed by atoms with van der Waals surface area (Å²) < 4.78 is 5.89. The number of morpholine rings is 1. The highest BCUT2D eigenvalue weighted by atomic mass is 35.5. The summed E-state index contributed by atoms with van der Waals surface area (Å²) in [6.07, 6.45) is 3.48.